The first kappa shape index (κ1) is 10.7. The van der Waals surface area contributed by atoms with Gasteiger partial charge in [0.2, 0.25) is 0 Å². The minimum atomic E-state index is -0.135. The molecule has 0 N–H and O–H groups in total. The molecule has 0 radical (unpaired) electrons. The topological polar surface area (TPSA) is 39.2 Å². The van der Waals surface area contributed by atoms with Crippen LogP contribution in [0, 0.1) is 5.92 Å². The number of pyridine rings is 1. The molecule has 0 amide bonds. The van der Waals surface area contributed by atoms with Crippen LogP contribution in [0.25, 0.3) is 0 Å². The third-order valence-electron chi connectivity index (χ3n) is 2.15. The first-order valence-electron chi connectivity index (χ1n) is 4.79. The van der Waals surface area contributed by atoms with Gasteiger partial charge in [-0.05, 0) is 24.1 Å². The highest BCUT2D eigenvalue weighted by atomic mass is 16.5. The zero-order chi connectivity index (χ0) is 10.4. The number of ether oxygens (including phenoxy) is 1. The maximum Gasteiger partial charge on any atom is 0.308 e. The smallest absolute Gasteiger partial charge is 0.308 e. The zero-order valence-corrected chi connectivity index (χ0v) is 8.56. The van der Waals surface area contributed by atoms with E-state index >= 15 is 0 Å². The molecule has 14 heavy (non-hydrogen) atoms. The molecule has 0 aliphatic heterocycles. The van der Waals surface area contributed by atoms with E-state index in [-0.39, 0.29) is 11.9 Å². The third kappa shape index (κ3) is 3.17. The van der Waals surface area contributed by atoms with Gasteiger partial charge >= 0.3 is 5.97 Å². The molecule has 1 aromatic heterocycles. The number of carbonyl (C=O) groups is 1. The van der Waals surface area contributed by atoms with E-state index in [4.69, 9.17) is 4.74 Å². The van der Waals surface area contributed by atoms with Crippen LogP contribution in [0.4, 0.5) is 0 Å². The van der Waals surface area contributed by atoms with E-state index in [1.165, 1.54) is 0 Å². The van der Waals surface area contributed by atoms with Gasteiger partial charge in [0.15, 0.2) is 0 Å². The Morgan fingerprint density at radius 3 is 2.71 bits per heavy atom. The van der Waals surface area contributed by atoms with Crippen LogP contribution in [0.2, 0.25) is 0 Å². The van der Waals surface area contributed by atoms with Crippen molar-refractivity contribution in [1.29, 1.82) is 0 Å². The maximum atomic E-state index is 11.3. The lowest BCUT2D eigenvalue weighted by atomic mass is 10.1. The van der Waals surface area contributed by atoms with Crippen molar-refractivity contribution in [2.75, 3.05) is 0 Å². The molecule has 0 spiro atoms. The van der Waals surface area contributed by atoms with Gasteiger partial charge in [0.1, 0.15) is 6.61 Å². The Kier molecular flexibility index (Phi) is 4.11. The second-order valence-corrected chi connectivity index (χ2v) is 3.27. The van der Waals surface area contributed by atoms with Crippen LogP contribution in [-0.4, -0.2) is 11.0 Å². The van der Waals surface area contributed by atoms with Crippen molar-refractivity contribution < 1.29 is 9.53 Å². The van der Waals surface area contributed by atoms with Gasteiger partial charge < -0.3 is 4.74 Å². The third-order valence-corrected chi connectivity index (χ3v) is 2.15. The van der Waals surface area contributed by atoms with Crippen LogP contribution >= 0.6 is 0 Å². The van der Waals surface area contributed by atoms with Gasteiger partial charge in [0.05, 0.1) is 5.92 Å². The molecule has 0 aromatic carbocycles. The van der Waals surface area contributed by atoms with Crippen LogP contribution in [0.1, 0.15) is 25.8 Å². The molecule has 0 saturated heterocycles. The highest BCUT2D eigenvalue weighted by molar-refractivity contribution is 5.71. The van der Waals surface area contributed by atoms with Crippen LogP contribution < -0.4 is 0 Å². The second-order valence-electron chi connectivity index (χ2n) is 3.27. The molecule has 0 bridgehead atoms. The Labute approximate surface area is 84.1 Å². The Hall–Kier alpha value is -1.38. The molecular formula is C11H15NO2. The molecule has 3 heteroatoms. The average molecular weight is 193 g/mol. The summed E-state index contributed by atoms with van der Waals surface area (Å²) in [5, 5.41) is 0. The Balaban J connectivity index is 2.38. The summed E-state index contributed by atoms with van der Waals surface area (Å²) in [4.78, 5) is 15.2. The van der Waals surface area contributed by atoms with Crippen molar-refractivity contribution in [2.24, 2.45) is 5.92 Å². The number of rotatable bonds is 4. The minimum Gasteiger partial charge on any atom is -0.461 e. The predicted octanol–water partition coefficient (Wildman–Crippen LogP) is 2.17. The van der Waals surface area contributed by atoms with Gasteiger partial charge in [-0.2, -0.15) is 0 Å². The fraction of sp³-hybridized carbons (Fsp3) is 0.455. The van der Waals surface area contributed by atoms with Crippen molar-refractivity contribution in [3.05, 3.63) is 30.1 Å². The van der Waals surface area contributed by atoms with Gasteiger partial charge in [0, 0.05) is 12.4 Å². The lowest BCUT2D eigenvalue weighted by Gasteiger charge is -2.08. The van der Waals surface area contributed by atoms with Crippen molar-refractivity contribution in [1.82, 2.24) is 4.98 Å². The van der Waals surface area contributed by atoms with Gasteiger partial charge in [-0.25, -0.2) is 0 Å². The quantitative estimate of drug-likeness (QED) is 0.688. The maximum absolute atomic E-state index is 11.3. The van der Waals surface area contributed by atoms with E-state index in [0.29, 0.717) is 6.61 Å². The lowest BCUT2D eigenvalue weighted by molar-refractivity contribution is -0.149. The average Bonchev–Trinajstić information content (AvgIpc) is 2.26. The number of esters is 1. The van der Waals surface area contributed by atoms with Gasteiger partial charge in [-0.15, -0.1) is 0 Å². The normalized spacial score (nSPS) is 12.1. The van der Waals surface area contributed by atoms with Crippen molar-refractivity contribution >= 4 is 5.97 Å². The summed E-state index contributed by atoms with van der Waals surface area (Å²) < 4.78 is 5.11. The first-order chi connectivity index (χ1) is 6.74. The van der Waals surface area contributed by atoms with Crippen molar-refractivity contribution in [3.8, 4) is 0 Å². The molecule has 1 rings (SSSR count). The van der Waals surface area contributed by atoms with Gasteiger partial charge in [-0.1, -0.05) is 13.8 Å². The Bertz CT molecular complexity index is 285. The van der Waals surface area contributed by atoms with Crippen LogP contribution in [0.3, 0.4) is 0 Å². The summed E-state index contributed by atoms with van der Waals surface area (Å²) in [5.74, 6) is -0.152. The Morgan fingerprint density at radius 1 is 1.50 bits per heavy atom. The van der Waals surface area contributed by atoms with E-state index in [1.807, 2.05) is 26.0 Å². The van der Waals surface area contributed by atoms with E-state index in [0.717, 1.165) is 12.0 Å². The fourth-order valence-corrected chi connectivity index (χ4v) is 0.942. The lowest BCUT2D eigenvalue weighted by Crippen LogP contribution is -2.13. The minimum absolute atomic E-state index is 0.0168. The molecule has 0 saturated carbocycles. The molecule has 76 valence electrons. The standard InChI is InChI=1S/C11H15NO2/c1-3-9(2)11(13)14-8-10-4-6-12-7-5-10/h4-7,9H,3,8H2,1-2H3. The summed E-state index contributed by atoms with van der Waals surface area (Å²) in [5.41, 5.74) is 0.969. The number of hydrogen-bond acceptors (Lipinski definition) is 3. The van der Waals surface area contributed by atoms with Crippen molar-refractivity contribution in [3.63, 3.8) is 0 Å². The van der Waals surface area contributed by atoms with E-state index in [2.05, 4.69) is 4.98 Å². The zero-order valence-electron chi connectivity index (χ0n) is 8.56. The summed E-state index contributed by atoms with van der Waals surface area (Å²) in [6.45, 7) is 4.18. The van der Waals surface area contributed by atoms with E-state index in [9.17, 15) is 4.79 Å². The largest absolute Gasteiger partial charge is 0.461 e. The SMILES string of the molecule is CCC(C)C(=O)OCc1ccncc1. The number of nitrogens with zero attached hydrogens (tertiary/aromatic N) is 1. The number of carbonyl (C=O) groups excluding carboxylic acids is 1. The highest BCUT2D eigenvalue weighted by Gasteiger charge is 2.11. The monoisotopic (exact) mass is 193 g/mol. The second kappa shape index (κ2) is 5.37. The van der Waals surface area contributed by atoms with Crippen LogP contribution in [0.15, 0.2) is 24.5 Å². The van der Waals surface area contributed by atoms with E-state index in [1.54, 1.807) is 12.4 Å². The van der Waals surface area contributed by atoms with Crippen molar-refractivity contribution in [2.45, 2.75) is 26.9 Å². The molecular weight excluding hydrogens is 178 g/mol. The van der Waals surface area contributed by atoms with Crippen LogP contribution in [-0.2, 0) is 16.1 Å². The highest BCUT2D eigenvalue weighted by Crippen LogP contribution is 2.06. The fourth-order valence-electron chi connectivity index (χ4n) is 0.942. The van der Waals surface area contributed by atoms with Gasteiger partial charge in [-0.3, -0.25) is 9.78 Å². The molecule has 0 fully saturated rings. The molecule has 1 unspecified atom stereocenters. The molecule has 1 atom stereocenters. The number of hydrogen-bond donors (Lipinski definition) is 0. The molecule has 0 aliphatic rings. The molecule has 0 aliphatic carbocycles. The summed E-state index contributed by atoms with van der Waals surface area (Å²) in [6.07, 6.45) is 4.19. The summed E-state index contributed by atoms with van der Waals surface area (Å²) >= 11 is 0. The Morgan fingerprint density at radius 2 is 2.14 bits per heavy atom. The van der Waals surface area contributed by atoms with E-state index < -0.39 is 0 Å². The first-order valence-corrected chi connectivity index (χ1v) is 4.79. The summed E-state index contributed by atoms with van der Waals surface area (Å²) in [6, 6.07) is 3.67. The molecule has 1 heterocycles. The number of aromatic nitrogens is 1. The van der Waals surface area contributed by atoms with Gasteiger partial charge in [0.25, 0.3) is 0 Å². The van der Waals surface area contributed by atoms with Crippen LogP contribution in [0.5, 0.6) is 0 Å². The molecule has 3 nitrogen and oxygen atoms in total. The summed E-state index contributed by atoms with van der Waals surface area (Å²) in [7, 11) is 0. The predicted molar refractivity (Wildman–Crippen MR) is 53.5 cm³/mol. The molecule has 1 aromatic rings.